The van der Waals surface area contributed by atoms with E-state index >= 15 is 0 Å². The van der Waals surface area contributed by atoms with Crippen molar-refractivity contribution >= 4 is 11.8 Å². The Morgan fingerprint density at radius 3 is 2.79 bits per heavy atom. The van der Waals surface area contributed by atoms with Gasteiger partial charge in [-0.3, -0.25) is 9.59 Å². The SMILES string of the molecule is CCC1C[C@H]2C(=O)N(C)CC(=O)N2C1. The number of rotatable bonds is 1. The number of carbonyl (C=O) groups is 2. The van der Waals surface area contributed by atoms with Crippen LogP contribution >= 0.6 is 0 Å². The second-order valence-corrected chi connectivity index (χ2v) is 4.27. The zero-order chi connectivity index (χ0) is 10.3. The van der Waals surface area contributed by atoms with Crippen LogP contribution in [0.15, 0.2) is 0 Å². The van der Waals surface area contributed by atoms with Gasteiger partial charge in [-0.2, -0.15) is 0 Å². The molecule has 2 aliphatic heterocycles. The van der Waals surface area contributed by atoms with E-state index in [1.54, 1.807) is 16.8 Å². The molecule has 2 heterocycles. The molecule has 0 aromatic rings. The van der Waals surface area contributed by atoms with Gasteiger partial charge in [0.2, 0.25) is 11.8 Å². The second kappa shape index (κ2) is 3.26. The molecule has 2 atom stereocenters. The third-order valence-electron chi connectivity index (χ3n) is 3.32. The molecule has 2 amide bonds. The summed E-state index contributed by atoms with van der Waals surface area (Å²) in [4.78, 5) is 26.7. The highest BCUT2D eigenvalue weighted by Crippen LogP contribution is 2.29. The number of likely N-dealkylation sites (N-methyl/N-ethyl adjacent to an activating group) is 1. The van der Waals surface area contributed by atoms with Gasteiger partial charge < -0.3 is 9.80 Å². The summed E-state index contributed by atoms with van der Waals surface area (Å²) in [5, 5.41) is 0. The maximum Gasteiger partial charge on any atom is 0.245 e. The molecule has 2 fully saturated rings. The highest BCUT2D eigenvalue weighted by molar-refractivity contribution is 5.95. The van der Waals surface area contributed by atoms with Gasteiger partial charge in [0, 0.05) is 13.6 Å². The number of piperazine rings is 1. The molecule has 0 spiro atoms. The Labute approximate surface area is 83.9 Å². The second-order valence-electron chi connectivity index (χ2n) is 4.27. The summed E-state index contributed by atoms with van der Waals surface area (Å²) in [5.41, 5.74) is 0. The number of nitrogens with zero attached hydrogens (tertiary/aromatic N) is 2. The van der Waals surface area contributed by atoms with Crippen LogP contribution in [-0.4, -0.2) is 47.8 Å². The van der Waals surface area contributed by atoms with Crippen molar-refractivity contribution in [2.45, 2.75) is 25.8 Å². The van der Waals surface area contributed by atoms with E-state index in [1.807, 2.05) is 0 Å². The molecule has 1 unspecified atom stereocenters. The van der Waals surface area contributed by atoms with Gasteiger partial charge in [0.05, 0.1) is 6.54 Å². The van der Waals surface area contributed by atoms with E-state index in [-0.39, 0.29) is 24.4 Å². The maximum absolute atomic E-state index is 11.7. The normalized spacial score (nSPS) is 32.4. The Kier molecular flexibility index (Phi) is 2.21. The molecule has 0 radical (unpaired) electrons. The number of fused-ring (bicyclic) bond motifs is 1. The molecule has 0 N–H and O–H groups in total. The summed E-state index contributed by atoms with van der Waals surface area (Å²) in [5.74, 6) is 0.730. The molecule has 4 heteroatoms. The van der Waals surface area contributed by atoms with Gasteiger partial charge in [-0.15, -0.1) is 0 Å². The summed E-state index contributed by atoms with van der Waals surface area (Å²) in [6.45, 7) is 3.15. The molecule has 2 rings (SSSR count). The van der Waals surface area contributed by atoms with Crippen LogP contribution in [0, 0.1) is 5.92 Å². The van der Waals surface area contributed by atoms with E-state index in [9.17, 15) is 9.59 Å². The third-order valence-corrected chi connectivity index (χ3v) is 3.32. The van der Waals surface area contributed by atoms with Gasteiger partial charge >= 0.3 is 0 Å². The zero-order valence-electron chi connectivity index (χ0n) is 8.69. The van der Waals surface area contributed by atoms with Crippen LogP contribution in [0.3, 0.4) is 0 Å². The molecule has 0 saturated carbocycles. The van der Waals surface area contributed by atoms with Crippen LogP contribution in [0.2, 0.25) is 0 Å². The van der Waals surface area contributed by atoms with Crippen molar-refractivity contribution in [3.05, 3.63) is 0 Å². The summed E-state index contributed by atoms with van der Waals surface area (Å²) < 4.78 is 0. The summed E-state index contributed by atoms with van der Waals surface area (Å²) >= 11 is 0. The van der Waals surface area contributed by atoms with Crippen molar-refractivity contribution in [1.82, 2.24) is 9.80 Å². The Morgan fingerprint density at radius 2 is 2.14 bits per heavy atom. The number of carbonyl (C=O) groups excluding carboxylic acids is 2. The van der Waals surface area contributed by atoms with Crippen molar-refractivity contribution in [2.75, 3.05) is 20.1 Å². The predicted molar refractivity (Wildman–Crippen MR) is 51.5 cm³/mol. The smallest absolute Gasteiger partial charge is 0.245 e. The lowest BCUT2D eigenvalue weighted by atomic mass is 10.0. The highest BCUT2D eigenvalue weighted by atomic mass is 16.2. The molecule has 2 saturated heterocycles. The van der Waals surface area contributed by atoms with Gasteiger partial charge in [-0.1, -0.05) is 13.3 Å². The third kappa shape index (κ3) is 1.29. The molecule has 2 aliphatic rings. The van der Waals surface area contributed by atoms with Gasteiger partial charge in [0.25, 0.3) is 0 Å². The van der Waals surface area contributed by atoms with Crippen LogP contribution in [0.25, 0.3) is 0 Å². The molecule has 0 aliphatic carbocycles. The maximum atomic E-state index is 11.7. The van der Waals surface area contributed by atoms with Crippen LogP contribution in [0.1, 0.15) is 19.8 Å². The average Bonchev–Trinajstić information content (AvgIpc) is 2.58. The van der Waals surface area contributed by atoms with Crippen molar-refractivity contribution in [3.8, 4) is 0 Å². The fourth-order valence-corrected chi connectivity index (χ4v) is 2.35. The fourth-order valence-electron chi connectivity index (χ4n) is 2.35. The van der Waals surface area contributed by atoms with E-state index < -0.39 is 0 Å². The van der Waals surface area contributed by atoms with E-state index in [2.05, 4.69) is 6.92 Å². The number of amides is 2. The van der Waals surface area contributed by atoms with Crippen LogP contribution < -0.4 is 0 Å². The summed E-state index contributed by atoms with van der Waals surface area (Å²) in [7, 11) is 1.71. The van der Waals surface area contributed by atoms with E-state index in [0.29, 0.717) is 5.92 Å². The Morgan fingerprint density at radius 1 is 1.43 bits per heavy atom. The Balaban J connectivity index is 2.18. The largest absolute Gasteiger partial charge is 0.335 e. The van der Waals surface area contributed by atoms with Crippen LogP contribution in [-0.2, 0) is 9.59 Å². The minimum absolute atomic E-state index is 0.105. The summed E-state index contributed by atoms with van der Waals surface area (Å²) in [6, 6.07) is -0.161. The number of hydrogen-bond donors (Lipinski definition) is 0. The first-order chi connectivity index (χ1) is 6.63. The monoisotopic (exact) mass is 196 g/mol. The zero-order valence-corrected chi connectivity index (χ0v) is 8.69. The molecular formula is C10H16N2O2. The van der Waals surface area contributed by atoms with Gasteiger partial charge in [-0.05, 0) is 12.3 Å². The standard InChI is InChI=1S/C10H16N2O2/c1-3-7-4-8-10(14)11(2)6-9(13)12(8)5-7/h7-8H,3-6H2,1-2H3/t7?,8-/m0/s1. The quantitative estimate of drug-likeness (QED) is 0.596. The first kappa shape index (κ1) is 9.49. The first-order valence-corrected chi connectivity index (χ1v) is 5.18. The minimum atomic E-state index is -0.161. The first-order valence-electron chi connectivity index (χ1n) is 5.18. The Bertz CT molecular complexity index is 277. The van der Waals surface area contributed by atoms with Crippen molar-refractivity contribution in [3.63, 3.8) is 0 Å². The minimum Gasteiger partial charge on any atom is -0.335 e. The summed E-state index contributed by atoms with van der Waals surface area (Å²) in [6.07, 6.45) is 1.91. The van der Waals surface area contributed by atoms with Crippen molar-refractivity contribution in [2.24, 2.45) is 5.92 Å². The van der Waals surface area contributed by atoms with Crippen LogP contribution in [0.5, 0.6) is 0 Å². The molecule has 78 valence electrons. The van der Waals surface area contributed by atoms with Crippen molar-refractivity contribution in [1.29, 1.82) is 0 Å². The van der Waals surface area contributed by atoms with Gasteiger partial charge in [-0.25, -0.2) is 0 Å². The van der Waals surface area contributed by atoms with Gasteiger partial charge in [0.1, 0.15) is 6.04 Å². The Hall–Kier alpha value is -1.06. The van der Waals surface area contributed by atoms with E-state index in [1.165, 1.54) is 0 Å². The van der Waals surface area contributed by atoms with E-state index in [0.717, 1.165) is 19.4 Å². The molecule has 0 bridgehead atoms. The highest BCUT2D eigenvalue weighted by Gasteiger charge is 2.43. The molecular weight excluding hydrogens is 180 g/mol. The molecule has 4 nitrogen and oxygen atoms in total. The van der Waals surface area contributed by atoms with Crippen LogP contribution in [0.4, 0.5) is 0 Å². The predicted octanol–water partition coefficient (Wildman–Crippen LogP) is 0.0855. The lowest BCUT2D eigenvalue weighted by Crippen LogP contribution is -2.55. The fraction of sp³-hybridized carbons (Fsp3) is 0.800. The lowest BCUT2D eigenvalue weighted by molar-refractivity contribution is -0.152. The van der Waals surface area contributed by atoms with Crippen molar-refractivity contribution < 1.29 is 9.59 Å². The molecule has 14 heavy (non-hydrogen) atoms. The van der Waals surface area contributed by atoms with E-state index in [4.69, 9.17) is 0 Å². The number of hydrogen-bond acceptors (Lipinski definition) is 2. The average molecular weight is 196 g/mol. The molecule has 0 aromatic carbocycles. The van der Waals surface area contributed by atoms with Gasteiger partial charge in [0.15, 0.2) is 0 Å². The molecule has 0 aromatic heterocycles. The lowest BCUT2D eigenvalue weighted by Gasteiger charge is -2.34. The topological polar surface area (TPSA) is 40.6 Å².